The predicted octanol–water partition coefficient (Wildman–Crippen LogP) is 1.70. The van der Waals surface area contributed by atoms with E-state index >= 15 is 0 Å². The first-order valence-corrected chi connectivity index (χ1v) is 9.45. The number of aryl methyl sites for hydroxylation is 1. The Morgan fingerprint density at radius 2 is 2.10 bits per heavy atom. The molecule has 0 aromatic heterocycles. The van der Waals surface area contributed by atoms with Crippen molar-refractivity contribution in [2.45, 2.75) is 24.8 Å². The van der Waals surface area contributed by atoms with E-state index in [1.165, 1.54) is 11.1 Å². The van der Waals surface area contributed by atoms with E-state index in [0.717, 1.165) is 10.9 Å². The van der Waals surface area contributed by atoms with Gasteiger partial charge in [-0.3, -0.25) is 4.99 Å². The number of thioether (sulfide) groups is 1. The second-order valence-corrected chi connectivity index (χ2v) is 8.55. The number of likely N-dealkylation sites (N-methyl/N-ethyl adjacent to an activating group) is 1. The van der Waals surface area contributed by atoms with Crippen molar-refractivity contribution < 1.29 is 8.42 Å². The molecular formula is C14H18N2O2S2. The number of hydrogen-bond acceptors (Lipinski definition) is 5. The highest BCUT2D eigenvalue weighted by atomic mass is 32.2. The first kappa shape index (κ1) is 13.9. The van der Waals surface area contributed by atoms with Crippen LogP contribution in [0.2, 0.25) is 0 Å². The molecule has 1 saturated heterocycles. The summed E-state index contributed by atoms with van der Waals surface area (Å²) in [6, 6.07) is 8.30. The lowest BCUT2D eigenvalue weighted by Gasteiger charge is -2.20. The average molecular weight is 310 g/mol. The Hall–Kier alpha value is -1.01. The molecule has 1 aromatic rings. The maximum Gasteiger partial charge on any atom is 0.159 e. The van der Waals surface area contributed by atoms with Gasteiger partial charge in [0, 0.05) is 12.8 Å². The van der Waals surface area contributed by atoms with Crippen molar-refractivity contribution in [3.63, 3.8) is 0 Å². The number of hydrogen-bond donors (Lipinski definition) is 0. The molecule has 0 amide bonds. The van der Waals surface area contributed by atoms with Crippen molar-refractivity contribution in [2.24, 2.45) is 4.99 Å². The van der Waals surface area contributed by atoms with Crippen molar-refractivity contribution in [1.82, 2.24) is 4.90 Å². The number of amidine groups is 1. The van der Waals surface area contributed by atoms with E-state index in [0.29, 0.717) is 0 Å². The Labute approximate surface area is 124 Å². The van der Waals surface area contributed by atoms with Gasteiger partial charge in [-0.05, 0) is 18.1 Å². The minimum atomic E-state index is -2.89. The van der Waals surface area contributed by atoms with Crippen molar-refractivity contribution in [3.8, 4) is 0 Å². The van der Waals surface area contributed by atoms with Gasteiger partial charge in [0.25, 0.3) is 0 Å². The third-order valence-electron chi connectivity index (χ3n) is 3.99. The molecule has 4 nitrogen and oxygen atoms in total. The monoisotopic (exact) mass is 310 g/mol. The molecule has 1 fully saturated rings. The van der Waals surface area contributed by atoms with Crippen molar-refractivity contribution in [2.75, 3.05) is 18.6 Å². The van der Waals surface area contributed by atoms with Gasteiger partial charge in [0.1, 0.15) is 0 Å². The van der Waals surface area contributed by atoms with Gasteiger partial charge in [0.15, 0.2) is 15.0 Å². The molecule has 2 aliphatic heterocycles. The fraction of sp³-hybridized carbons (Fsp3) is 0.500. The van der Waals surface area contributed by atoms with Crippen LogP contribution < -0.4 is 0 Å². The number of aliphatic imine (C=N–C) groups is 1. The molecule has 0 saturated carbocycles. The van der Waals surface area contributed by atoms with Crippen LogP contribution in [0.4, 0.5) is 0 Å². The summed E-state index contributed by atoms with van der Waals surface area (Å²) in [5, 5.41) is 0.971. The van der Waals surface area contributed by atoms with E-state index < -0.39 is 9.84 Å². The smallest absolute Gasteiger partial charge is 0.159 e. The highest BCUT2D eigenvalue weighted by molar-refractivity contribution is 8.13. The molecule has 0 aliphatic carbocycles. The number of nitrogens with zero attached hydrogens (tertiary/aromatic N) is 2. The zero-order valence-electron chi connectivity index (χ0n) is 11.6. The fourth-order valence-electron chi connectivity index (χ4n) is 2.73. The molecule has 2 atom stereocenters. The second-order valence-electron chi connectivity index (χ2n) is 5.45. The maximum absolute atomic E-state index is 11.6. The van der Waals surface area contributed by atoms with Crippen LogP contribution in [0, 0.1) is 6.92 Å². The zero-order chi connectivity index (χ0) is 14.3. The van der Waals surface area contributed by atoms with Gasteiger partial charge in [-0.1, -0.05) is 36.0 Å². The molecule has 0 unspecified atom stereocenters. The number of fused-ring (bicyclic) bond motifs is 1. The number of sulfone groups is 1. The van der Waals surface area contributed by atoms with Crippen LogP contribution in [0.1, 0.15) is 11.1 Å². The van der Waals surface area contributed by atoms with Gasteiger partial charge in [-0.25, -0.2) is 8.42 Å². The van der Waals surface area contributed by atoms with Crippen LogP contribution in [-0.4, -0.2) is 49.1 Å². The average Bonchev–Trinajstić information content (AvgIpc) is 2.83. The molecule has 0 radical (unpaired) electrons. The van der Waals surface area contributed by atoms with Gasteiger partial charge in [-0.15, -0.1) is 0 Å². The van der Waals surface area contributed by atoms with Crippen LogP contribution >= 0.6 is 11.8 Å². The summed E-state index contributed by atoms with van der Waals surface area (Å²) < 4.78 is 23.2. The molecule has 3 rings (SSSR count). The van der Waals surface area contributed by atoms with E-state index in [4.69, 9.17) is 0 Å². The molecule has 6 heteroatoms. The van der Waals surface area contributed by atoms with Gasteiger partial charge in [0.2, 0.25) is 0 Å². The van der Waals surface area contributed by atoms with E-state index in [9.17, 15) is 8.42 Å². The Bertz CT molecular complexity index is 655. The van der Waals surface area contributed by atoms with Crippen molar-refractivity contribution in [1.29, 1.82) is 0 Å². The van der Waals surface area contributed by atoms with Gasteiger partial charge < -0.3 is 4.90 Å². The van der Waals surface area contributed by atoms with Crippen LogP contribution in [0.25, 0.3) is 0 Å². The normalized spacial score (nSPS) is 27.5. The topological polar surface area (TPSA) is 49.7 Å². The molecule has 0 N–H and O–H groups in total. The molecule has 0 bridgehead atoms. The Morgan fingerprint density at radius 1 is 1.35 bits per heavy atom. The predicted molar refractivity (Wildman–Crippen MR) is 83.9 cm³/mol. The lowest BCUT2D eigenvalue weighted by atomic mass is 10.1. The largest absolute Gasteiger partial charge is 0.348 e. The van der Waals surface area contributed by atoms with Gasteiger partial charge >= 0.3 is 0 Å². The number of rotatable bonds is 2. The molecule has 108 valence electrons. The Kier molecular flexibility index (Phi) is 3.54. The first-order chi connectivity index (χ1) is 9.46. The molecule has 0 spiro atoms. The second kappa shape index (κ2) is 5.07. The minimum Gasteiger partial charge on any atom is -0.348 e. The molecule has 20 heavy (non-hydrogen) atoms. The maximum atomic E-state index is 11.6. The summed E-state index contributed by atoms with van der Waals surface area (Å²) in [6.45, 7) is 2.11. The van der Waals surface area contributed by atoms with Gasteiger partial charge in [-0.2, -0.15) is 0 Å². The summed E-state index contributed by atoms with van der Waals surface area (Å²) in [7, 11) is -0.940. The number of benzene rings is 1. The highest BCUT2D eigenvalue weighted by Gasteiger charge is 2.44. The third-order valence-corrected chi connectivity index (χ3v) is 6.79. The van der Waals surface area contributed by atoms with Gasteiger partial charge in [0.05, 0.1) is 23.6 Å². The Morgan fingerprint density at radius 3 is 2.80 bits per heavy atom. The third kappa shape index (κ3) is 2.59. The molecular weight excluding hydrogens is 292 g/mol. The summed E-state index contributed by atoms with van der Waals surface area (Å²) in [5.74, 6) is 1.32. The van der Waals surface area contributed by atoms with Crippen molar-refractivity contribution in [3.05, 3.63) is 35.4 Å². The SMILES string of the molecule is Cc1ccccc1CSC1=N[C@@H]2CS(=O)(=O)C[C@@H]2N1C. The van der Waals surface area contributed by atoms with E-state index in [-0.39, 0.29) is 23.6 Å². The van der Waals surface area contributed by atoms with E-state index in [2.05, 4.69) is 24.0 Å². The lowest BCUT2D eigenvalue weighted by molar-refractivity contribution is 0.410. The van der Waals surface area contributed by atoms with E-state index in [1.807, 2.05) is 24.1 Å². The summed E-state index contributed by atoms with van der Waals surface area (Å²) in [6.07, 6.45) is 0. The van der Waals surface area contributed by atoms with Crippen LogP contribution in [0.15, 0.2) is 29.3 Å². The Balaban J connectivity index is 1.69. The summed E-state index contributed by atoms with van der Waals surface area (Å²) in [4.78, 5) is 6.64. The minimum absolute atomic E-state index is 0.0411. The first-order valence-electron chi connectivity index (χ1n) is 6.65. The molecule has 1 aromatic carbocycles. The standard InChI is InChI=1S/C14H18N2O2S2/c1-10-5-3-4-6-11(10)7-19-14-15-12-8-20(17,18)9-13(12)16(14)2/h3-6,12-13H,7-9H2,1-2H3/t12-,13+/m1/s1. The van der Waals surface area contributed by atoms with Crippen LogP contribution in [-0.2, 0) is 15.6 Å². The lowest BCUT2D eigenvalue weighted by Crippen LogP contribution is -2.35. The zero-order valence-corrected chi connectivity index (χ0v) is 13.2. The quantitative estimate of drug-likeness (QED) is 0.834. The summed E-state index contributed by atoms with van der Waals surface area (Å²) in [5.41, 5.74) is 2.59. The molecule has 2 aliphatic rings. The fourth-order valence-corrected chi connectivity index (χ4v) is 5.81. The van der Waals surface area contributed by atoms with Crippen LogP contribution in [0.3, 0.4) is 0 Å². The van der Waals surface area contributed by atoms with Crippen molar-refractivity contribution >= 4 is 26.8 Å². The molecule has 2 heterocycles. The van der Waals surface area contributed by atoms with E-state index in [1.54, 1.807) is 11.8 Å². The highest BCUT2D eigenvalue weighted by Crippen LogP contribution is 2.31. The van der Waals surface area contributed by atoms with Crippen LogP contribution in [0.5, 0.6) is 0 Å². The summed E-state index contributed by atoms with van der Waals surface area (Å²) >= 11 is 1.70.